The van der Waals surface area contributed by atoms with Crippen LogP contribution in [-0.4, -0.2) is 47.7 Å². The van der Waals surface area contributed by atoms with Crippen LogP contribution in [0.4, 0.5) is 4.79 Å². The van der Waals surface area contributed by atoms with Gasteiger partial charge in [-0.05, 0) is 26.3 Å². The van der Waals surface area contributed by atoms with E-state index in [-0.39, 0.29) is 25.3 Å². The van der Waals surface area contributed by atoms with E-state index in [1.807, 2.05) is 30.3 Å². The fourth-order valence-electron chi connectivity index (χ4n) is 1.50. The molecule has 2 N–H and O–H groups in total. The zero-order valence-corrected chi connectivity index (χ0v) is 11.3. The van der Waals surface area contributed by atoms with Crippen molar-refractivity contribution in [1.29, 1.82) is 0 Å². The van der Waals surface area contributed by atoms with Gasteiger partial charge in [-0.2, -0.15) is 0 Å². The number of aliphatic carboxylic acids is 1. The number of alkyl carbamates (subject to hydrolysis) is 1. The van der Waals surface area contributed by atoms with Crippen molar-refractivity contribution in [3.05, 3.63) is 35.9 Å². The summed E-state index contributed by atoms with van der Waals surface area (Å²) >= 11 is 0. The molecule has 1 unspecified atom stereocenters. The Labute approximate surface area is 130 Å². The average Bonchev–Trinajstić information content (AvgIpc) is 2.26. The van der Waals surface area contributed by atoms with Crippen LogP contribution in [0.15, 0.2) is 30.3 Å². The normalized spacial score (nSPS) is 11.9. The van der Waals surface area contributed by atoms with Crippen LogP contribution in [0.3, 0.4) is 0 Å². The van der Waals surface area contributed by atoms with E-state index in [1.165, 1.54) is 0 Å². The first-order valence-electron chi connectivity index (χ1n) is 6.04. The van der Waals surface area contributed by atoms with E-state index >= 15 is 0 Å². The number of benzene rings is 1. The molecule has 0 aliphatic heterocycles. The van der Waals surface area contributed by atoms with Gasteiger partial charge in [0.1, 0.15) is 11.6 Å². The van der Waals surface area contributed by atoms with Crippen LogP contribution in [0.5, 0.6) is 0 Å². The molecule has 5 nitrogen and oxygen atoms in total. The fraction of sp³-hybridized carbons (Fsp3) is 0.429. The van der Waals surface area contributed by atoms with E-state index in [2.05, 4.69) is 5.32 Å². The van der Waals surface area contributed by atoms with Crippen molar-refractivity contribution in [3.63, 3.8) is 0 Å². The Morgan fingerprint density at radius 1 is 1.25 bits per heavy atom. The molecule has 0 saturated heterocycles. The molecule has 1 aromatic rings. The first-order chi connectivity index (χ1) is 8.78. The monoisotopic (exact) mass is 273 g/mol. The number of rotatable bonds is 4. The molecule has 0 radical (unpaired) electrons. The average molecular weight is 273 g/mol. The molecule has 0 heterocycles. The third-order valence-corrected chi connectivity index (χ3v) is 2.27. The summed E-state index contributed by atoms with van der Waals surface area (Å²) in [6.45, 7) is 5.17. The number of hydrogen-bond acceptors (Lipinski definition) is 3. The van der Waals surface area contributed by atoms with Crippen LogP contribution in [0.1, 0.15) is 26.3 Å². The fourth-order valence-corrected chi connectivity index (χ4v) is 1.50. The van der Waals surface area contributed by atoms with E-state index in [1.54, 1.807) is 20.8 Å². The van der Waals surface area contributed by atoms with Gasteiger partial charge in [0.15, 0.2) is 0 Å². The summed E-state index contributed by atoms with van der Waals surface area (Å²) in [5.74, 6) is -1.09. The predicted molar refractivity (Wildman–Crippen MR) is 78.1 cm³/mol. The van der Waals surface area contributed by atoms with Gasteiger partial charge in [0.2, 0.25) is 0 Å². The molecule has 1 amide bonds. The van der Waals surface area contributed by atoms with Crippen LogP contribution < -0.4 is 5.32 Å². The number of nitrogens with one attached hydrogen (secondary N) is 1. The van der Waals surface area contributed by atoms with Crippen molar-refractivity contribution < 1.29 is 19.4 Å². The summed E-state index contributed by atoms with van der Waals surface area (Å²) in [6, 6.07) is 8.11. The van der Waals surface area contributed by atoms with Crippen LogP contribution in [0, 0.1) is 0 Å². The van der Waals surface area contributed by atoms with Crippen molar-refractivity contribution in [2.24, 2.45) is 0 Å². The van der Waals surface area contributed by atoms with Gasteiger partial charge in [-0.3, -0.25) is 0 Å². The van der Waals surface area contributed by atoms with Crippen molar-refractivity contribution in [3.8, 4) is 0 Å². The Morgan fingerprint density at radius 2 is 1.80 bits per heavy atom. The van der Waals surface area contributed by atoms with Gasteiger partial charge < -0.3 is 15.2 Å². The summed E-state index contributed by atoms with van der Waals surface area (Å²) in [5, 5.41) is 11.5. The zero-order chi connectivity index (χ0) is 14.5. The summed E-state index contributed by atoms with van der Waals surface area (Å²) < 4.78 is 5.04. The Bertz CT molecular complexity index is 442. The van der Waals surface area contributed by atoms with Crippen LogP contribution in [0.2, 0.25) is 0 Å². The van der Waals surface area contributed by atoms with Gasteiger partial charge in [0.25, 0.3) is 0 Å². The van der Waals surface area contributed by atoms with Crippen molar-refractivity contribution in [2.75, 3.05) is 0 Å². The van der Waals surface area contributed by atoms with E-state index in [9.17, 15) is 9.59 Å². The molecule has 20 heavy (non-hydrogen) atoms. The molecular formula is C14H20LiNO4. The molecule has 106 valence electrons. The molecular weight excluding hydrogens is 253 g/mol. The van der Waals surface area contributed by atoms with E-state index in [0.717, 1.165) is 5.56 Å². The van der Waals surface area contributed by atoms with Crippen LogP contribution in [-0.2, 0) is 16.0 Å². The molecule has 0 aliphatic rings. The number of carbonyl (C=O) groups excluding carboxylic acids is 1. The Morgan fingerprint density at radius 3 is 2.25 bits per heavy atom. The quantitative estimate of drug-likeness (QED) is 0.816. The van der Waals surface area contributed by atoms with Gasteiger partial charge in [0, 0.05) is 6.42 Å². The maximum absolute atomic E-state index is 11.6. The number of carboxylic acids is 1. The molecule has 0 fully saturated rings. The second-order valence-electron chi connectivity index (χ2n) is 5.23. The number of hydrogen-bond donors (Lipinski definition) is 2. The molecule has 0 aliphatic carbocycles. The van der Waals surface area contributed by atoms with Gasteiger partial charge in [-0.1, -0.05) is 30.3 Å². The first kappa shape index (κ1) is 18.6. The summed E-state index contributed by atoms with van der Waals surface area (Å²) in [7, 11) is 0. The Kier molecular flexibility index (Phi) is 7.41. The molecule has 0 spiro atoms. The predicted octanol–water partition coefficient (Wildman–Crippen LogP) is 1.56. The second-order valence-corrected chi connectivity index (χ2v) is 5.23. The van der Waals surface area contributed by atoms with Gasteiger partial charge >= 0.3 is 30.9 Å². The van der Waals surface area contributed by atoms with Crippen molar-refractivity contribution >= 4 is 30.9 Å². The third kappa shape index (κ3) is 7.22. The van der Waals surface area contributed by atoms with E-state index in [4.69, 9.17) is 9.84 Å². The van der Waals surface area contributed by atoms with Gasteiger partial charge in [-0.15, -0.1) is 0 Å². The molecule has 1 atom stereocenters. The Balaban J connectivity index is 0.00000361. The second kappa shape index (κ2) is 7.98. The first-order valence-corrected chi connectivity index (χ1v) is 6.04. The Hall–Kier alpha value is -1.44. The summed E-state index contributed by atoms with van der Waals surface area (Å²) in [6.07, 6.45) is -0.508. The maximum atomic E-state index is 11.6. The summed E-state index contributed by atoms with van der Waals surface area (Å²) in [4.78, 5) is 22.7. The van der Waals surface area contributed by atoms with Crippen molar-refractivity contribution in [2.45, 2.75) is 38.8 Å². The molecule has 0 bridgehead atoms. The topological polar surface area (TPSA) is 75.6 Å². The molecule has 1 rings (SSSR count). The zero-order valence-electron chi connectivity index (χ0n) is 11.3. The molecule has 0 saturated carbocycles. The standard InChI is InChI=1S/C14H19NO4.Li.H/c1-14(2,3)19-13(18)15-11(12(16)17)9-10-7-5-4-6-8-10;;/h4-8,11H,9H2,1-3H3,(H,15,18)(H,16,17);;. The minimum atomic E-state index is -1.09. The van der Waals surface area contributed by atoms with E-state index in [0.29, 0.717) is 0 Å². The number of carboxylic acid groups (broad SMARTS) is 1. The number of carbonyl (C=O) groups is 2. The van der Waals surface area contributed by atoms with Gasteiger partial charge in [0.05, 0.1) is 0 Å². The SMILES string of the molecule is CC(C)(C)OC(=O)NC(Cc1ccccc1)C(=O)O.[LiH]. The van der Waals surface area contributed by atoms with Crippen LogP contribution >= 0.6 is 0 Å². The van der Waals surface area contributed by atoms with Gasteiger partial charge in [-0.25, -0.2) is 9.59 Å². The molecule has 0 aromatic heterocycles. The third-order valence-electron chi connectivity index (χ3n) is 2.27. The molecule has 1 aromatic carbocycles. The number of amides is 1. The number of ether oxygens (including phenoxy) is 1. The van der Waals surface area contributed by atoms with Crippen LogP contribution in [0.25, 0.3) is 0 Å². The summed E-state index contributed by atoms with van der Waals surface area (Å²) in [5.41, 5.74) is 0.186. The molecule has 6 heteroatoms. The minimum absolute atomic E-state index is 0. The van der Waals surface area contributed by atoms with E-state index < -0.39 is 23.7 Å². The van der Waals surface area contributed by atoms with Crippen molar-refractivity contribution in [1.82, 2.24) is 5.32 Å².